The minimum Gasteiger partial charge on any atom is -0.381 e. The molecule has 3 rings (SSSR count). The van der Waals surface area contributed by atoms with Crippen LogP contribution in [-0.2, 0) is 24.5 Å². The lowest BCUT2D eigenvalue weighted by Crippen LogP contribution is -2.39. The number of nitrogens with one attached hydrogen (secondary N) is 1. The number of carbonyl (C=O) groups excluding carboxylic acids is 3. The molecule has 5 N–H and O–H groups in total. The molecular formula is C15H17N3O4. The van der Waals surface area contributed by atoms with Crippen LogP contribution in [0.5, 0.6) is 0 Å². The summed E-state index contributed by atoms with van der Waals surface area (Å²) in [4.78, 5) is 35.2. The highest BCUT2D eigenvalue weighted by atomic mass is 16.5. The second kappa shape index (κ2) is 5.10. The fraction of sp³-hybridized carbons (Fsp3) is 0.400. The Morgan fingerprint density at radius 1 is 1.18 bits per heavy atom. The Bertz CT molecular complexity index is 651. The molecule has 7 heteroatoms. The molecule has 0 aromatic heterocycles. The lowest BCUT2D eigenvalue weighted by atomic mass is 9.75. The monoisotopic (exact) mass is 303 g/mol. The number of rotatable bonds is 3. The standard InChI is InChI=1S/C15H17N3O4/c16-12(19)11(13(17)20)8-1-2-9-10(7-8)18-14(21)15(9)3-5-22-6-4-15/h1-2,7,11H,3-6H2,(H2,16,19)(H2,17,20)(H,18,21). The van der Waals surface area contributed by atoms with Crippen molar-refractivity contribution in [2.24, 2.45) is 11.5 Å². The minimum atomic E-state index is -1.20. The van der Waals surface area contributed by atoms with Gasteiger partial charge in [-0.25, -0.2) is 0 Å². The number of fused-ring (bicyclic) bond motifs is 2. The molecule has 0 atom stereocenters. The van der Waals surface area contributed by atoms with Crippen LogP contribution in [0.1, 0.15) is 29.9 Å². The largest absolute Gasteiger partial charge is 0.381 e. The van der Waals surface area contributed by atoms with E-state index in [0.29, 0.717) is 37.3 Å². The summed E-state index contributed by atoms with van der Waals surface area (Å²) >= 11 is 0. The topological polar surface area (TPSA) is 125 Å². The third kappa shape index (κ3) is 2.05. The first-order chi connectivity index (χ1) is 10.5. The van der Waals surface area contributed by atoms with Crippen molar-refractivity contribution in [3.63, 3.8) is 0 Å². The van der Waals surface area contributed by atoms with E-state index in [9.17, 15) is 14.4 Å². The molecule has 0 unspecified atom stereocenters. The van der Waals surface area contributed by atoms with Crippen molar-refractivity contribution in [2.75, 3.05) is 18.5 Å². The number of primary amides is 2. The van der Waals surface area contributed by atoms with Gasteiger partial charge >= 0.3 is 0 Å². The van der Waals surface area contributed by atoms with Gasteiger partial charge in [-0.2, -0.15) is 0 Å². The molecule has 0 saturated carbocycles. The zero-order chi connectivity index (χ0) is 15.9. The van der Waals surface area contributed by atoms with Crippen molar-refractivity contribution in [2.45, 2.75) is 24.2 Å². The molecule has 0 radical (unpaired) electrons. The Kier molecular flexibility index (Phi) is 3.37. The van der Waals surface area contributed by atoms with Crippen molar-refractivity contribution >= 4 is 23.4 Å². The van der Waals surface area contributed by atoms with E-state index in [-0.39, 0.29) is 5.91 Å². The number of anilines is 1. The smallest absolute Gasteiger partial charge is 0.235 e. The van der Waals surface area contributed by atoms with Crippen LogP contribution in [-0.4, -0.2) is 30.9 Å². The highest BCUT2D eigenvalue weighted by Crippen LogP contribution is 2.45. The zero-order valence-electron chi connectivity index (χ0n) is 11.9. The van der Waals surface area contributed by atoms with Gasteiger partial charge in [0.15, 0.2) is 0 Å². The molecule has 2 heterocycles. The molecular weight excluding hydrogens is 286 g/mol. The van der Waals surface area contributed by atoms with Crippen LogP contribution in [0.25, 0.3) is 0 Å². The number of ether oxygens (including phenoxy) is 1. The van der Waals surface area contributed by atoms with E-state index >= 15 is 0 Å². The fourth-order valence-electron chi connectivity index (χ4n) is 3.31. The van der Waals surface area contributed by atoms with Gasteiger partial charge in [0.05, 0.1) is 5.41 Å². The molecule has 1 aromatic carbocycles. The molecule has 116 valence electrons. The van der Waals surface area contributed by atoms with E-state index in [0.717, 1.165) is 5.56 Å². The van der Waals surface area contributed by atoms with Crippen LogP contribution in [0.2, 0.25) is 0 Å². The maximum Gasteiger partial charge on any atom is 0.235 e. The first kappa shape index (κ1) is 14.5. The number of hydrogen-bond acceptors (Lipinski definition) is 4. The van der Waals surface area contributed by atoms with E-state index < -0.39 is 23.1 Å². The zero-order valence-corrected chi connectivity index (χ0v) is 11.9. The van der Waals surface area contributed by atoms with Gasteiger partial charge in [0.2, 0.25) is 17.7 Å². The summed E-state index contributed by atoms with van der Waals surface area (Å²) in [5.41, 5.74) is 11.8. The molecule has 1 fully saturated rings. The van der Waals surface area contributed by atoms with E-state index in [4.69, 9.17) is 16.2 Å². The first-order valence-electron chi connectivity index (χ1n) is 7.08. The highest BCUT2D eigenvalue weighted by Gasteiger charge is 2.47. The first-order valence-corrected chi connectivity index (χ1v) is 7.08. The molecule has 1 spiro atoms. The van der Waals surface area contributed by atoms with Crippen LogP contribution in [0, 0.1) is 0 Å². The lowest BCUT2D eigenvalue weighted by Gasteiger charge is -2.31. The normalized spacial score (nSPS) is 19.0. The van der Waals surface area contributed by atoms with Gasteiger partial charge < -0.3 is 21.5 Å². The van der Waals surface area contributed by atoms with Crippen molar-refractivity contribution in [1.82, 2.24) is 0 Å². The van der Waals surface area contributed by atoms with Crippen molar-refractivity contribution in [1.29, 1.82) is 0 Å². The predicted molar refractivity (Wildman–Crippen MR) is 77.9 cm³/mol. The van der Waals surface area contributed by atoms with Crippen molar-refractivity contribution < 1.29 is 19.1 Å². The molecule has 1 saturated heterocycles. The van der Waals surface area contributed by atoms with E-state index in [2.05, 4.69) is 5.32 Å². The van der Waals surface area contributed by atoms with Gasteiger partial charge in [-0.3, -0.25) is 14.4 Å². The fourth-order valence-corrected chi connectivity index (χ4v) is 3.31. The van der Waals surface area contributed by atoms with Crippen LogP contribution in [0.3, 0.4) is 0 Å². The molecule has 0 bridgehead atoms. The third-order valence-corrected chi connectivity index (χ3v) is 4.49. The minimum absolute atomic E-state index is 0.0716. The maximum atomic E-state index is 12.4. The molecule has 2 aliphatic rings. The summed E-state index contributed by atoms with van der Waals surface area (Å²) in [5, 5.41) is 2.83. The summed E-state index contributed by atoms with van der Waals surface area (Å²) in [6.45, 7) is 1.06. The van der Waals surface area contributed by atoms with Crippen LogP contribution < -0.4 is 16.8 Å². The SMILES string of the molecule is NC(=O)C(C(N)=O)c1ccc2c(c1)NC(=O)C21CCOCC1. The predicted octanol–water partition coefficient (Wildman–Crippen LogP) is -0.259. The summed E-state index contributed by atoms with van der Waals surface area (Å²) < 4.78 is 5.34. The quantitative estimate of drug-likeness (QED) is 0.665. The molecule has 22 heavy (non-hydrogen) atoms. The van der Waals surface area contributed by atoms with Gasteiger partial charge in [-0.1, -0.05) is 12.1 Å². The highest BCUT2D eigenvalue weighted by molar-refractivity contribution is 6.08. The lowest BCUT2D eigenvalue weighted by molar-refractivity contribution is -0.128. The Morgan fingerprint density at radius 2 is 1.82 bits per heavy atom. The van der Waals surface area contributed by atoms with Crippen LogP contribution >= 0.6 is 0 Å². The summed E-state index contributed by atoms with van der Waals surface area (Å²) in [5.74, 6) is -2.89. The van der Waals surface area contributed by atoms with E-state index in [1.807, 2.05) is 0 Å². The Hall–Kier alpha value is -2.41. The molecule has 3 amide bonds. The second-order valence-electron chi connectivity index (χ2n) is 5.69. The molecule has 0 aliphatic carbocycles. The van der Waals surface area contributed by atoms with Gasteiger partial charge in [-0.05, 0) is 30.0 Å². The summed E-state index contributed by atoms with van der Waals surface area (Å²) in [6, 6.07) is 5.01. The number of nitrogens with two attached hydrogens (primary N) is 2. The number of hydrogen-bond donors (Lipinski definition) is 3. The van der Waals surface area contributed by atoms with Crippen molar-refractivity contribution in [3.8, 4) is 0 Å². The average Bonchev–Trinajstić information content (AvgIpc) is 2.71. The van der Waals surface area contributed by atoms with Gasteiger partial charge in [0.1, 0.15) is 5.92 Å². The molecule has 1 aromatic rings. The number of benzene rings is 1. The summed E-state index contributed by atoms with van der Waals surface area (Å²) in [7, 11) is 0. The number of amides is 3. The van der Waals surface area contributed by atoms with Crippen LogP contribution in [0.4, 0.5) is 5.69 Å². The summed E-state index contributed by atoms with van der Waals surface area (Å²) in [6.07, 6.45) is 1.22. The van der Waals surface area contributed by atoms with Crippen LogP contribution in [0.15, 0.2) is 18.2 Å². The van der Waals surface area contributed by atoms with Gasteiger partial charge in [0, 0.05) is 18.9 Å². The Morgan fingerprint density at radius 3 is 2.41 bits per heavy atom. The second-order valence-corrected chi connectivity index (χ2v) is 5.69. The van der Waals surface area contributed by atoms with Gasteiger partial charge in [-0.15, -0.1) is 0 Å². The Balaban J connectivity index is 2.03. The van der Waals surface area contributed by atoms with E-state index in [1.165, 1.54) is 0 Å². The molecule has 2 aliphatic heterocycles. The van der Waals surface area contributed by atoms with E-state index in [1.54, 1.807) is 18.2 Å². The Labute approximate surface area is 127 Å². The maximum absolute atomic E-state index is 12.4. The number of carbonyl (C=O) groups is 3. The van der Waals surface area contributed by atoms with Crippen molar-refractivity contribution in [3.05, 3.63) is 29.3 Å². The molecule has 7 nitrogen and oxygen atoms in total. The third-order valence-electron chi connectivity index (χ3n) is 4.49. The average molecular weight is 303 g/mol. The van der Waals surface area contributed by atoms with Gasteiger partial charge in [0.25, 0.3) is 0 Å².